The fraction of sp³-hybridized carbons (Fsp3) is 0.643. The third kappa shape index (κ3) is 2.31. The van der Waals surface area contributed by atoms with E-state index in [-0.39, 0.29) is 5.41 Å². The number of rotatable bonds is 5. The molecular formula is C14H22N6O. The average molecular weight is 290 g/mol. The zero-order valence-corrected chi connectivity index (χ0v) is 12.9. The van der Waals surface area contributed by atoms with Gasteiger partial charge in [0.15, 0.2) is 11.5 Å². The summed E-state index contributed by atoms with van der Waals surface area (Å²) >= 11 is 0. The number of fused-ring (bicyclic) bond motifs is 1. The molecule has 0 spiro atoms. The van der Waals surface area contributed by atoms with E-state index in [1.807, 2.05) is 6.92 Å². The van der Waals surface area contributed by atoms with E-state index < -0.39 is 0 Å². The number of aromatic nitrogens is 4. The standard InChI is InChI=1S/C14H22N6O/c1-5-21-9-6-8(14(9,2)3)18-12-10-11(17-7-16-10)19-13(15-4)20-12/h7-9H,5-6H2,1-4H3,(H3,15,16,17,18,19,20). The normalized spacial score (nSPS) is 23.8. The maximum atomic E-state index is 5.77. The summed E-state index contributed by atoms with van der Waals surface area (Å²) in [6.45, 7) is 7.23. The minimum atomic E-state index is 0.0765. The molecule has 0 aliphatic heterocycles. The number of nitrogens with one attached hydrogen (secondary N) is 3. The van der Waals surface area contributed by atoms with Crippen LogP contribution in [0.5, 0.6) is 0 Å². The van der Waals surface area contributed by atoms with Crippen molar-refractivity contribution in [3.8, 4) is 0 Å². The molecule has 1 saturated carbocycles. The molecule has 2 heterocycles. The van der Waals surface area contributed by atoms with Crippen LogP contribution in [-0.4, -0.2) is 45.7 Å². The van der Waals surface area contributed by atoms with Crippen molar-refractivity contribution in [1.29, 1.82) is 0 Å². The van der Waals surface area contributed by atoms with E-state index in [1.54, 1.807) is 13.4 Å². The SMILES string of the molecule is CCOC1CC(Nc2nc(NC)nc3nc[nH]c23)C1(C)C. The zero-order chi connectivity index (χ0) is 15.0. The molecule has 7 heteroatoms. The number of ether oxygens (including phenoxy) is 1. The summed E-state index contributed by atoms with van der Waals surface area (Å²) in [7, 11) is 1.80. The van der Waals surface area contributed by atoms with Crippen molar-refractivity contribution >= 4 is 22.9 Å². The van der Waals surface area contributed by atoms with Gasteiger partial charge in [-0.2, -0.15) is 9.97 Å². The molecule has 21 heavy (non-hydrogen) atoms. The molecule has 2 aromatic rings. The van der Waals surface area contributed by atoms with Crippen LogP contribution in [0, 0.1) is 5.41 Å². The number of H-pyrrole nitrogens is 1. The van der Waals surface area contributed by atoms with Crippen LogP contribution < -0.4 is 10.6 Å². The fourth-order valence-corrected chi connectivity index (χ4v) is 2.83. The Labute approximate surface area is 123 Å². The van der Waals surface area contributed by atoms with E-state index in [0.29, 0.717) is 23.7 Å². The molecule has 2 atom stereocenters. The van der Waals surface area contributed by atoms with Gasteiger partial charge in [-0.1, -0.05) is 13.8 Å². The van der Waals surface area contributed by atoms with E-state index in [9.17, 15) is 0 Å². The van der Waals surface area contributed by atoms with Gasteiger partial charge in [-0.25, -0.2) is 4.98 Å². The largest absolute Gasteiger partial charge is 0.378 e. The van der Waals surface area contributed by atoms with Crippen LogP contribution in [0.25, 0.3) is 11.2 Å². The van der Waals surface area contributed by atoms with Crippen LogP contribution in [0.3, 0.4) is 0 Å². The summed E-state index contributed by atoms with van der Waals surface area (Å²) in [5.74, 6) is 1.35. The highest BCUT2D eigenvalue weighted by atomic mass is 16.5. The third-order valence-corrected chi connectivity index (χ3v) is 4.37. The first-order valence-corrected chi connectivity index (χ1v) is 7.33. The second kappa shape index (κ2) is 5.14. The van der Waals surface area contributed by atoms with Crippen LogP contribution in [-0.2, 0) is 4.74 Å². The number of imidazole rings is 1. The predicted molar refractivity (Wildman–Crippen MR) is 82.5 cm³/mol. The van der Waals surface area contributed by atoms with E-state index >= 15 is 0 Å². The quantitative estimate of drug-likeness (QED) is 0.780. The molecule has 2 aromatic heterocycles. The average Bonchev–Trinajstić information content (AvgIpc) is 2.94. The van der Waals surface area contributed by atoms with E-state index in [4.69, 9.17) is 4.74 Å². The molecule has 1 fully saturated rings. The number of nitrogens with zero attached hydrogens (tertiary/aromatic N) is 3. The maximum Gasteiger partial charge on any atom is 0.226 e. The minimum Gasteiger partial charge on any atom is -0.378 e. The Morgan fingerprint density at radius 2 is 2.24 bits per heavy atom. The number of anilines is 2. The van der Waals surface area contributed by atoms with Crippen molar-refractivity contribution in [2.75, 3.05) is 24.3 Å². The zero-order valence-electron chi connectivity index (χ0n) is 12.9. The Bertz CT molecular complexity index is 637. The van der Waals surface area contributed by atoms with Gasteiger partial charge >= 0.3 is 0 Å². The summed E-state index contributed by atoms with van der Waals surface area (Å²) in [6.07, 6.45) is 2.91. The van der Waals surface area contributed by atoms with Gasteiger partial charge in [0.2, 0.25) is 5.95 Å². The molecule has 7 nitrogen and oxygen atoms in total. The van der Waals surface area contributed by atoms with Gasteiger partial charge in [0, 0.05) is 25.1 Å². The summed E-state index contributed by atoms with van der Waals surface area (Å²) in [5, 5.41) is 6.49. The van der Waals surface area contributed by atoms with Gasteiger partial charge in [0.1, 0.15) is 5.52 Å². The molecule has 0 radical (unpaired) electrons. The van der Waals surface area contributed by atoms with Crippen LogP contribution in [0.15, 0.2) is 6.33 Å². The van der Waals surface area contributed by atoms with Crippen molar-refractivity contribution < 1.29 is 4.74 Å². The van der Waals surface area contributed by atoms with Crippen LogP contribution >= 0.6 is 0 Å². The summed E-state index contributed by atoms with van der Waals surface area (Å²) in [5.41, 5.74) is 1.58. The molecule has 0 aromatic carbocycles. The first-order valence-electron chi connectivity index (χ1n) is 7.33. The Balaban J connectivity index is 1.84. The van der Waals surface area contributed by atoms with Crippen molar-refractivity contribution in [3.63, 3.8) is 0 Å². The Morgan fingerprint density at radius 3 is 2.90 bits per heavy atom. The van der Waals surface area contributed by atoms with Crippen molar-refractivity contribution in [2.45, 2.75) is 39.3 Å². The number of hydrogen-bond acceptors (Lipinski definition) is 6. The van der Waals surface area contributed by atoms with Gasteiger partial charge in [0.25, 0.3) is 0 Å². The van der Waals surface area contributed by atoms with Gasteiger partial charge in [0.05, 0.1) is 12.4 Å². The van der Waals surface area contributed by atoms with Gasteiger partial charge in [-0.3, -0.25) is 0 Å². The monoisotopic (exact) mass is 290 g/mol. The molecule has 0 amide bonds. The predicted octanol–water partition coefficient (Wildman–Crippen LogP) is 2.01. The Kier molecular flexibility index (Phi) is 3.44. The molecule has 114 valence electrons. The van der Waals surface area contributed by atoms with E-state index in [1.165, 1.54) is 0 Å². The minimum absolute atomic E-state index is 0.0765. The molecule has 3 N–H and O–H groups in total. The van der Waals surface area contributed by atoms with Gasteiger partial charge in [-0.05, 0) is 13.3 Å². The summed E-state index contributed by atoms with van der Waals surface area (Å²) in [6, 6.07) is 0.320. The lowest BCUT2D eigenvalue weighted by molar-refractivity contribution is -0.0976. The van der Waals surface area contributed by atoms with Crippen molar-refractivity contribution in [1.82, 2.24) is 19.9 Å². The molecule has 0 bridgehead atoms. The second-order valence-electron chi connectivity index (χ2n) is 5.94. The summed E-state index contributed by atoms with van der Waals surface area (Å²) in [4.78, 5) is 16.1. The topological polar surface area (TPSA) is 87.8 Å². The fourth-order valence-electron chi connectivity index (χ4n) is 2.83. The highest BCUT2D eigenvalue weighted by Crippen LogP contribution is 2.44. The lowest BCUT2D eigenvalue weighted by Crippen LogP contribution is -2.58. The van der Waals surface area contributed by atoms with E-state index in [0.717, 1.165) is 24.4 Å². The first-order chi connectivity index (χ1) is 10.1. The summed E-state index contributed by atoms with van der Waals surface area (Å²) < 4.78 is 5.77. The van der Waals surface area contributed by atoms with Crippen molar-refractivity contribution in [2.24, 2.45) is 5.41 Å². The molecule has 3 rings (SSSR count). The molecule has 2 unspecified atom stereocenters. The van der Waals surface area contributed by atoms with E-state index in [2.05, 4.69) is 44.4 Å². The lowest BCUT2D eigenvalue weighted by atomic mass is 9.64. The number of aromatic amines is 1. The molecule has 0 saturated heterocycles. The molecular weight excluding hydrogens is 268 g/mol. The number of hydrogen-bond donors (Lipinski definition) is 3. The van der Waals surface area contributed by atoms with Gasteiger partial charge < -0.3 is 20.4 Å². The van der Waals surface area contributed by atoms with Crippen molar-refractivity contribution in [3.05, 3.63) is 6.33 Å². The smallest absolute Gasteiger partial charge is 0.226 e. The maximum absolute atomic E-state index is 5.77. The molecule has 1 aliphatic carbocycles. The van der Waals surface area contributed by atoms with Crippen LogP contribution in [0.1, 0.15) is 27.2 Å². The second-order valence-corrected chi connectivity index (χ2v) is 5.94. The highest BCUT2D eigenvalue weighted by Gasteiger charge is 2.49. The highest BCUT2D eigenvalue weighted by molar-refractivity contribution is 5.83. The lowest BCUT2D eigenvalue weighted by Gasteiger charge is -2.51. The molecule has 1 aliphatic rings. The first kappa shape index (κ1) is 14.1. The van der Waals surface area contributed by atoms with Crippen LogP contribution in [0.2, 0.25) is 0 Å². The van der Waals surface area contributed by atoms with Crippen LogP contribution in [0.4, 0.5) is 11.8 Å². The third-order valence-electron chi connectivity index (χ3n) is 4.37. The Hall–Kier alpha value is -1.89. The Morgan fingerprint density at radius 1 is 1.43 bits per heavy atom. The van der Waals surface area contributed by atoms with Gasteiger partial charge in [-0.15, -0.1) is 0 Å².